The summed E-state index contributed by atoms with van der Waals surface area (Å²) >= 11 is 0. The predicted octanol–water partition coefficient (Wildman–Crippen LogP) is 1.45. The molecule has 1 rings (SSSR count). The minimum Gasteiger partial charge on any atom is -0.480 e. The number of esters is 3. The monoisotopic (exact) mass is 368 g/mol. The average molecular weight is 368 g/mol. The van der Waals surface area contributed by atoms with Gasteiger partial charge in [-0.1, -0.05) is 0 Å². The van der Waals surface area contributed by atoms with E-state index in [0.29, 0.717) is 0 Å². The van der Waals surface area contributed by atoms with E-state index < -0.39 is 29.4 Å². The standard InChI is InChI=1S/C17H24N2O7/c1-7-25-15(21)11(16(22)26-17(2,3)4)9-8-10(14(20)24-6)19-13(23-5)12(9)18/h8,11H,7,18H2,1-6H3. The second-order valence-electron chi connectivity index (χ2n) is 6.23. The van der Waals surface area contributed by atoms with Gasteiger partial charge in [0.2, 0.25) is 5.88 Å². The molecule has 0 spiro atoms. The Morgan fingerprint density at radius 2 is 1.81 bits per heavy atom. The first-order valence-corrected chi connectivity index (χ1v) is 7.87. The Balaban J connectivity index is 3.55. The molecule has 1 aromatic heterocycles. The minimum absolute atomic E-state index is 0.00931. The Morgan fingerprint density at radius 3 is 2.27 bits per heavy atom. The third kappa shape index (κ3) is 5.08. The molecule has 0 aliphatic heterocycles. The van der Waals surface area contributed by atoms with E-state index in [0.717, 1.165) is 0 Å². The number of hydrogen-bond donors (Lipinski definition) is 1. The molecule has 0 bridgehead atoms. The molecule has 2 N–H and O–H groups in total. The van der Waals surface area contributed by atoms with Gasteiger partial charge >= 0.3 is 17.9 Å². The fourth-order valence-electron chi connectivity index (χ4n) is 2.09. The van der Waals surface area contributed by atoms with Gasteiger partial charge in [-0.25, -0.2) is 9.78 Å². The molecule has 0 fully saturated rings. The maximum absolute atomic E-state index is 12.6. The summed E-state index contributed by atoms with van der Waals surface area (Å²) in [7, 11) is 2.46. The Morgan fingerprint density at radius 1 is 1.19 bits per heavy atom. The van der Waals surface area contributed by atoms with Crippen molar-refractivity contribution >= 4 is 23.6 Å². The van der Waals surface area contributed by atoms with E-state index in [1.807, 2.05) is 0 Å². The topological polar surface area (TPSA) is 127 Å². The number of nitrogens with zero attached hydrogens (tertiary/aromatic N) is 1. The van der Waals surface area contributed by atoms with Crippen molar-refractivity contribution in [1.82, 2.24) is 4.98 Å². The van der Waals surface area contributed by atoms with Crippen LogP contribution in [0.3, 0.4) is 0 Å². The van der Waals surface area contributed by atoms with E-state index in [9.17, 15) is 14.4 Å². The zero-order valence-corrected chi connectivity index (χ0v) is 15.7. The maximum atomic E-state index is 12.6. The summed E-state index contributed by atoms with van der Waals surface area (Å²) in [5.74, 6) is -4.14. The van der Waals surface area contributed by atoms with Crippen molar-refractivity contribution in [1.29, 1.82) is 0 Å². The van der Waals surface area contributed by atoms with Gasteiger partial charge in [-0.05, 0) is 33.8 Å². The zero-order valence-electron chi connectivity index (χ0n) is 15.7. The second kappa shape index (κ2) is 8.50. The van der Waals surface area contributed by atoms with Crippen LogP contribution < -0.4 is 10.5 Å². The molecule has 1 heterocycles. The molecule has 0 aliphatic carbocycles. The molecule has 144 valence electrons. The Labute approximate surface area is 151 Å². The van der Waals surface area contributed by atoms with Gasteiger partial charge in [0.05, 0.1) is 26.5 Å². The molecule has 26 heavy (non-hydrogen) atoms. The van der Waals surface area contributed by atoms with Crippen molar-refractivity contribution in [2.24, 2.45) is 0 Å². The molecule has 1 aromatic rings. The average Bonchev–Trinajstić information content (AvgIpc) is 2.54. The maximum Gasteiger partial charge on any atom is 0.356 e. The number of aromatic nitrogens is 1. The lowest BCUT2D eigenvalue weighted by Gasteiger charge is -2.24. The van der Waals surface area contributed by atoms with Gasteiger partial charge in [0, 0.05) is 5.56 Å². The molecule has 0 saturated heterocycles. The Kier molecular flexibility index (Phi) is 6.93. The molecular weight excluding hydrogens is 344 g/mol. The van der Waals surface area contributed by atoms with E-state index in [2.05, 4.69) is 9.72 Å². The fourth-order valence-corrected chi connectivity index (χ4v) is 2.09. The van der Waals surface area contributed by atoms with Gasteiger partial charge in [0.25, 0.3) is 0 Å². The third-order valence-electron chi connectivity index (χ3n) is 3.12. The number of anilines is 1. The van der Waals surface area contributed by atoms with Crippen LogP contribution in [0.25, 0.3) is 0 Å². The van der Waals surface area contributed by atoms with Crippen LogP contribution in [0, 0.1) is 0 Å². The smallest absolute Gasteiger partial charge is 0.356 e. The summed E-state index contributed by atoms with van der Waals surface area (Å²) in [5.41, 5.74) is 4.87. The van der Waals surface area contributed by atoms with Gasteiger partial charge in [-0.15, -0.1) is 0 Å². The van der Waals surface area contributed by atoms with Crippen LogP contribution >= 0.6 is 0 Å². The molecule has 0 aromatic carbocycles. The molecule has 9 nitrogen and oxygen atoms in total. The van der Waals surface area contributed by atoms with Crippen LogP contribution in [0.2, 0.25) is 0 Å². The summed E-state index contributed by atoms with van der Waals surface area (Å²) in [4.78, 5) is 40.8. The number of carbonyl (C=O) groups is 3. The number of nitrogens with two attached hydrogens (primary N) is 1. The third-order valence-corrected chi connectivity index (χ3v) is 3.12. The summed E-state index contributed by atoms with van der Waals surface area (Å²) in [5, 5.41) is 0. The Bertz CT molecular complexity index is 695. The summed E-state index contributed by atoms with van der Waals surface area (Å²) < 4.78 is 20.0. The highest BCUT2D eigenvalue weighted by Crippen LogP contribution is 2.33. The van der Waals surface area contributed by atoms with Gasteiger partial charge < -0.3 is 24.7 Å². The van der Waals surface area contributed by atoms with E-state index in [1.165, 1.54) is 20.3 Å². The van der Waals surface area contributed by atoms with Crippen molar-refractivity contribution < 1.29 is 33.3 Å². The number of rotatable bonds is 6. The molecule has 0 amide bonds. The number of nitrogen functional groups attached to an aromatic ring is 1. The number of methoxy groups -OCH3 is 2. The molecule has 0 aliphatic rings. The molecule has 1 unspecified atom stereocenters. The highest BCUT2D eigenvalue weighted by molar-refractivity contribution is 6.03. The van der Waals surface area contributed by atoms with E-state index in [-0.39, 0.29) is 29.4 Å². The lowest BCUT2D eigenvalue weighted by Crippen LogP contribution is -2.33. The van der Waals surface area contributed by atoms with Crippen LogP contribution in [0.5, 0.6) is 5.88 Å². The van der Waals surface area contributed by atoms with Crippen LogP contribution in [-0.2, 0) is 23.8 Å². The van der Waals surface area contributed by atoms with Crippen LogP contribution in [0.1, 0.15) is 49.7 Å². The van der Waals surface area contributed by atoms with Crippen molar-refractivity contribution in [3.8, 4) is 5.88 Å². The first kappa shape index (κ1) is 21.2. The highest BCUT2D eigenvalue weighted by Gasteiger charge is 2.37. The second-order valence-corrected chi connectivity index (χ2v) is 6.23. The largest absolute Gasteiger partial charge is 0.480 e. The summed E-state index contributed by atoms with van der Waals surface area (Å²) in [6.07, 6.45) is 0. The first-order valence-electron chi connectivity index (χ1n) is 7.87. The summed E-state index contributed by atoms with van der Waals surface area (Å²) in [6.45, 7) is 6.61. The Hall–Kier alpha value is -2.84. The van der Waals surface area contributed by atoms with Crippen LogP contribution in [-0.4, -0.2) is 49.3 Å². The van der Waals surface area contributed by atoms with Crippen LogP contribution in [0.15, 0.2) is 6.07 Å². The lowest BCUT2D eigenvalue weighted by molar-refractivity contribution is -0.164. The van der Waals surface area contributed by atoms with E-state index >= 15 is 0 Å². The normalized spacial score (nSPS) is 12.1. The number of pyridine rings is 1. The molecule has 1 atom stereocenters. The SMILES string of the molecule is CCOC(=O)C(C(=O)OC(C)(C)C)c1cc(C(=O)OC)nc(OC)c1N. The zero-order chi connectivity index (χ0) is 20.1. The van der Waals surface area contributed by atoms with Crippen molar-refractivity contribution in [2.75, 3.05) is 26.6 Å². The molecule has 0 saturated carbocycles. The molecular formula is C17H24N2O7. The predicted molar refractivity (Wildman–Crippen MR) is 91.8 cm³/mol. The molecule has 0 radical (unpaired) electrons. The van der Waals surface area contributed by atoms with Crippen molar-refractivity contribution in [2.45, 2.75) is 39.2 Å². The first-order chi connectivity index (χ1) is 12.1. The van der Waals surface area contributed by atoms with E-state index in [1.54, 1.807) is 27.7 Å². The summed E-state index contributed by atoms with van der Waals surface area (Å²) in [6, 6.07) is 1.19. The van der Waals surface area contributed by atoms with Crippen molar-refractivity contribution in [3.63, 3.8) is 0 Å². The number of hydrogen-bond acceptors (Lipinski definition) is 9. The van der Waals surface area contributed by atoms with Crippen molar-refractivity contribution in [3.05, 3.63) is 17.3 Å². The van der Waals surface area contributed by atoms with E-state index in [4.69, 9.17) is 19.9 Å². The van der Waals surface area contributed by atoms with Gasteiger partial charge in [0.15, 0.2) is 11.6 Å². The minimum atomic E-state index is -1.51. The quantitative estimate of drug-likeness (QED) is 0.451. The van der Waals surface area contributed by atoms with Gasteiger partial charge in [-0.3, -0.25) is 9.59 Å². The highest BCUT2D eigenvalue weighted by atomic mass is 16.6. The van der Waals surface area contributed by atoms with Gasteiger partial charge in [-0.2, -0.15) is 0 Å². The number of carbonyl (C=O) groups excluding carboxylic acids is 3. The van der Waals surface area contributed by atoms with Crippen LogP contribution in [0.4, 0.5) is 5.69 Å². The fraction of sp³-hybridized carbons (Fsp3) is 0.529. The van der Waals surface area contributed by atoms with Gasteiger partial charge in [0.1, 0.15) is 5.60 Å². The molecule has 9 heteroatoms. The number of ether oxygens (including phenoxy) is 4. The lowest BCUT2D eigenvalue weighted by atomic mass is 9.97.